The molecule has 2 rings (SSSR count). The molecule has 0 fully saturated rings. The molecule has 0 bridgehead atoms. The first-order valence-electron chi connectivity index (χ1n) is 5.98. The van der Waals surface area contributed by atoms with Crippen LogP contribution >= 0.6 is 0 Å². The van der Waals surface area contributed by atoms with E-state index < -0.39 is 0 Å². The van der Waals surface area contributed by atoms with Crippen LogP contribution in [-0.4, -0.2) is 20.5 Å². The van der Waals surface area contributed by atoms with Crippen molar-refractivity contribution in [3.8, 4) is 0 Å². The van der Waals surface area contributed by atoms with E-state index in [0.717, 1.165) is 18.6 Å². The normalized spacial score (nSPS) is 21.6. The van der Waals surface area contributed by atoms with E-state index in [4.69, 9.17) is 13.9 Å². The van der Waals surface area contributed by atoms with Crippen LogP contribution in [0.4, 0.5) is 0 Å². The topological polar surface area (TPSA) is 31.6 Å². The number of rotatable bonds is 3. The molecule has 0 N–H and O–H groups in total. The molecule has 1 aliphatic carbocycles. The quantitative estimate of drug-likeness (QED) is 0.739. The molecule has 0 aliphatic heterocycles. The van der Waals surface area contributed by atoms with Gasteiger partial charge in [0.25, 0.3) is 0 Å². The zero-order valence-corrected chi connectivity index (χ0v) is 10.1. The maximum absolute atomic E-state index is 5.63. The van der Waals surface area contributed by atoms with Crippen LogP contribution in [0.3, 0.4) is 0 Å². The van der Waals surface area contributed by atoms with Crippen LogP contribution in [0.5, 0.6) is 0 Å². The SMILES string of the molecule is COC(OC)C1CCCCCc2ccoc21. The van der Waals surface area contributed by atoms with E-state index in [9.17, 15) is 0 Å². The molecular weight excluding hydrogens is 204 g/mol. The van der Waals surface area contributed by atoms with E-state index >= 15 is 0 Å². The van der Waals surface area contributed by atoms with Crippen molar-refractivity contribution < 1.29 is 13.9 Å². The third-order valence-corrected chi connectivity index (χ3v) is 3.37. The summed E-state index contributed by atoms with van der Waals surface area (Å²) in [5, 5.41) is 0. The Kier molecular flexibility index (Phi) is 4.02. The van der Waals surface area contributed by atoms with Gasteiger partial charge in [0.15, 0.2) is 6.29 Å². The second-order valence-electron chi connectivity index (χ2n) is 4.36. The summed E-state index contributed by atoms with van der Waals surface area (Å²) in [4.78, 5) is 0. The fourth-order valence-electron chi connectivity index (χ4n) is 2.55. The Hall–Kier alpha value is -0.800. The van der Waals surface area contributed by atoms with Crippen LogP contribution in [0.2, 0.25) is 0 Å². The lowest BCUT2D eigenvalue weighted by Crippen LogP contribution is -2.24. The van der Waals surface area contributed by atoms with Crippen molar-refractivity contribution in [3.05, 3.63) is 23.7 Å². The molecule has 0 saturated heterocycles. The molecule has 0 spiro atoms. The molecular formula is C13H20O3. The molecule has 1 heterocycles. The van der Waals surface area contributed by atoms with Gasteiger partial charge in [-0.05, 0) is 30.9 Å². The highest BCUT2D eigenvalue weighted by Crippen LogP contribution is 2.34. The number of ether oxygens (including phenoxy) is 2. The Morgan fingerprint density at radius 2 is 2.06 bits per heavy atom. The molecule has 3 nitrogen and oxygen atoms in total. The molecule has 0 amide bonds. The van der Waals surface area contributed by atoms with Crippen molar-refractivity contribution in [1.82, 2.24) is 0 Å². The lowest BCUT2D eigenvalue weighted by Gasteiger charge is -2.25. The maximum atomic E-state index is 5.63. The van der Waals surface area contributed by atoms with Crippen molar-refractivity contribution in [2.45, 2.75) is 44.3 Å². The Morgan fingerprint density at radius 1 is 1.25 bits per heavy atom. The second-order valence-corrected chi connectivity index (χ2v) is 4.36. The van der Waals surface area contributed by atoms with Gasteiger partial charge in [0, 0.05) is 14.2 Å². The molecule has 16 heavy (non-hydrogen) atoms. The zero-order valence-electron chi connectivity index (χ0n) is 10.1. The number of hydrogen-bond donors (Lipinski definition) is 0. The van der Waals surface area contributed by atoms with Gasteiger partial charge >= 0.3 is 0 Å². The smallest absolute Gasteiger partial charge is 0.166 e. The van der Waals surface area contributed by atoms with Crippen LogP contribution < -0.4 is 0 Å². The first-order chi connectivity index (χ1) is 7.86. The zero-order chi connectivity index (χ0) is 11.4. The van der Waals surface area contributed by atoms with Gasteiger partial charge in [-0.3, -0.25) is 0 Å². The molecule has 3 heteroatoms. The highest BCUT2D eigenvalue weighted by molar-refractivity contribution is 5.22. The lowest BCUT2D eigenvalue weighted by atomic mass is 9.90. The predicted octanol–water partition coefficient (Wildman–Crippen LogP) is 3.10. The predicted molar refractivity (Wildman–Crippen MR) is 61.4 cm³/mol. The molecule has 90 valence electrons. The summed E-state index contributed by atoms with van der Waals surface area (Å²) in [6.45, 7) is 0. The van der Waals surface area contributed by atoms with E-state index in [1.165, 1.54) is 24.8 Å². The van der Waals surface area contributed by atoms with E-state index in [1.54, 1.807) is 20.5 Å². The van der Waals surface area contributed by atoms with Gasteiger partial charge in [-0.2, -0.15) is 0 Å². The molecule has 0 aromatic carbocycles. The van der Waals surface area contributed by atoms with Crippen LogP contribution in [0.15, 0.2) is 16.7 Å². The van der Waals surface area contributed by atoms with Crippen LogP contribution in [0, 0.1) is 0 Å². The molecule has 0 radical (unpaired) electrons. The summed E-state index contributed by atoms with van der Waals surface area (Å²) in [6, 6.07) is 2.08. The number of methoxy groups -OCH3 is 2. The summed E-state index contributed by atoms with van der Waals surface area (Å²) in [5.41, 5.74) is 1.32. The van der Waals surface area contributed by atoms with Gasteiger partial charge in [0.05, 0.1) is 12.2 Å². The van der Waals surface area contributed by atoms with E-state index in [-0.39, 0.29) is 12.2 Å². The monoisotopic (exact) mass is 224 g/mol. The highest BCUT2D eigenvalue weighted by Gasteiger charge is 2.28. The summed E-state index contributed by atoms with van der Waals surface area (Å²) in [6.07, 6.45) is 7.53. The minimum atomic E-state index is -0.192. The third-order valence-electron chi connectivity index (χ3n) is 3.37. The minimum Gasteiger partial charge on any atom is -0.469 e. The average Bonchev–Trinajstić information content (AvgIpc) is 2.71. The van der Waals surface area contributed by atoms with Gasteiger partial charge < -0.3 is 13.9 Å². The second kappa shape index (κ2) is 5.51. The molecule has 1 unspecified atom stereocenters. The fourth-order valence-corrected chi connectivity index (χ4v) is 2.55. The van der Waals surface area contributed by atoms with Crippen LogP contribution in [0.1, 0.15) is 42.9 Å². The molecule has 1 aromatic rings. The average molecular weight is 224 g/mol. The van der Waals surface area contributed by atoms with E-state index in [1.807, 2.05) is 0 Å². The summed E-state index contributed by atoms with van der Waals surface area (Å²) >= 11 is 0. The van der Waals surface area contributed by atoms with Gasteiger partial charge in [-0.25, -0.2) is 0 Å². The molecule has 0 saturated carbocycles. The first kappa shape index (κ1) is 11.7. The Morgan fingerprint density at radius 3 is 2.81 bits per heavy atom. The Labute approximate surface area is 96.7 Å². The highest BCUT2D eigenvalue weighted by atomic mass is 16.7. The van der Waals surface area contributed by atoms with Gasteiger partial charge in [0.1, 0.15) is 5.76 Å². The maximum Gasteiger partial charge on any atom is 0.166 e. The van der Waals surface area contributed by atoms with E-state index in [0.29, 0.717) is 0 Å². The Balaban J connectivity index is 2.24. The fraction of sp³-hybridized carbons (Fsp3) is 0.692. The number of aryl methyl sites for hydroxylation is 1. The van der Waals surface area contributed by atoms with Gasteiger partial charge in [-0.1, -0.05) is 12.8 Å². The first-order valence-corrected chi connectivity index (χ1v) is 5.98. The van der Waals surface area contributed by atoms with Crippen LogP contribution in [-0.2, 0) is 15.9 Å². The summed E-state index contributed by atoms with van der Waals surface area (Å²) in [7, 11) is 3.38. The largest absolute Gasteiger partial charge is 0.469 e. The molecule has 1 aromatic heterocycles. The van der Waals surface area contributed by atoms with Crippen molar-refractivity contribution in [1.29, 1.82) is 0 Å². The van der Waals surface area contributed by atoms with Crippen molar-refractivity contribution >= 4 is 0 Å². The number of hydrogen-bond acceptors (Lipinski definition) is 3. The molecule has 1 atom stereocenters. The summed E-state index contributed by atoms with van der Waals surface area (Å²) in [5.74, 6) is 1.30. The standard InChI is InChI=1S/C13H20O3/c1-14-13(15-2)11-7-5-3-4-6-10-8-9-16-12(10)11/h8-9,11,13H,3-7H2,1-2H3. The van der Waals surface area contributed by atoms with Crippen molar-refractivity contribution in [3.63, 3.8) is 0 Å². The molecule has 1 aliphatic rings. The van der Waals surface area contributed by atoms with Crippen molar-refractivity contribution in [2.24, 2.45) is 0 Å². The van der Waals surface area contributed by atoms with Gasteiger partial charge in [0.2, 0.25) is 0 Å². The summed E-state index contributed by atoms with van der Waals surface area (Å²) < 4.78 is 16.4. The third kappa shape index (κ3) is 2.30. The van der Waals surface area contributed by atoms with Gasteiger partial charge in [-0.15, -0.1) is 0 Å². The minimum absolute atomic E-state index is 0.192. The number of fused-ring (bicyclic) bond motifs is 1. The lowest BCUT2D eigenvalue weighted by molar-refractivity contribution is -0.123. The number of furan rings is 1. The van der Waals surface area contributed by atoms with E-state index in [2.05, 4.69) is 6.07 Å². The Bertz CT molecular complexity index is 315. The van der Waals surface area contributed by atoms with Crippen molar-refractivity contribution in [2.75, 3.05) is 14.2 Å². The van der Waals surface area contributed by atoms with Crippen LogP contribution in [0.25, 0.3) is 0 Å².